The molecule has 0 heterocycles. The molecule has 1 aliphatic rings. The summed E-state index contributed by atoms with van der Waals surface area (Å²) in [5, 5.41) is 2.02. The third kappa shape index (κ3) is 4.30. The van der Waals surface area contributed by atoms with Crippen LogP contribution in [0.1, 0.15) is 79.1 Å². The molecule has 0 aromatic heterocycles. The fraction of sp³-hybridized carbons (Fsp3) is 0.286. The minimum absolute atomic E-state index is 0.0181. The van der Waals surface area contributed by atoms with Crippen LogP contribution < -0.4 is 0 Å². The third-order valence-electron chi connectivity index (χ3n) is 7.93. The van der Waals surface area contributed by atoms with Crippen molar-refractivity contribution in [3.63, 3.8) is 0 Å². The number of aryl methyl sites for hydroxylation is 1. The van der Waals surface area contributed by atoms with Crippen molar-refractivity contribution in [3.8, 4) is 11.1 Å². The van der Waals surface area contributed by atoms with E-state index in [9.17, 15) is 9.59 Å². The Morgan fingerprint density at radius 3 is 2.21 bits per heavy atom. The van der Waals surface area contributed by atoms with Crippen molar-refractivity contribution in [2.45, 2.75) is 58.8 Å². The predicted octanol–water partition coefficient (Wildman–Crippen LogP) is 8.28. The first-order valence-corrected chi connectivity index (χ1v) is 13.7. The van der Waals surface area contributed by atoms with Gasteiger partial charge in [-0.05, 0) is 71.3 Å². The van der Waals surface area contributed by atoms with Crippen LogP contribution in [0.4, 0.5) is 0 Å². The van der Waals surface area contributed by atoms with Gasteiger partial charge in [-0.15, -0.1) is 0 Å². The fourth-order valence-electron chi connectivity index (χ4n) is 6.40. The van der Waals surface area contributed by atoms with E-state index in [1.165, 1.54) is 29.2 Å². The van der Waals surface area contributed by atoms with Crippen molar-refractivity contribution in [1.82, 2.24) is 0 Å². The number of carbonyl (C=O) groups is 2. The standard InChI is InChI=1S/C35H35NO2/c1-5-19-35(20-6-2)30-14-10-9-13-28(30)29-18-17-26(21-31(29)35)34(38)33(36-22-24(4)37)32-23(3)15-16-25-11-7-8-12-27(25)32/h7-18,21H,5-6,19-20,22H2,1-4H3. The lowest BCUT2D eigenvalue weighted by molar-refractivity contribution is -0.115. The monoisotopic (exact) mass is 501 g/mol. The van der Waals surface area contributed by atoms with Crippen LogP contribution in [-0.4, -0.2) is 23.8 Å². The summed E-state index contributed by atoms with van der Waals surface area (Å²) in [7, 11) is 0. The van der Waals surface area contributed by atoms with Crippen molar-refractivity contribution in [1.29, 1.82) is 0 Å². The number of aliphatic imine (C=N–C) groups is 1. The smallest absolute Gasteiger partial charge is 0.211 e. The summed E-state index contributed by atoms with van der Waals surface area (Å²) in [5.74, 6) is -0.200. The highest BCUT2D eigenvalue weighted by Gasteiger charge is 2.42. The predicted molar refractivity (Wildman–Crippen MR) is 158 cm³/mol. The number of ketones is 2. The Labute approximate surface area is 225 Å². The zero-order valence-corrected chi connectivity index (χ0v) is 22.8. The second kappa shape index (κ2) is 10.5. The summed E-state index contributed by atoms with van der Waals surface area (Å²) >= 11 is 0. The van der Waals surface area contributed by atoms with Gasteiger partial charge < -0.3 is 0 Å². The van der Waals surface area contributed by atoms with Crippen LogP contribution >= 0.6 is 0 Å². The van der Waals surface area contributed by atoms with E-state index in [2.05, 4.69) is 61.3 Å². The first-order chi connectivity index (χ1) is 18.4. The SMILES string of the molecule is CCCC1(CCC)c2ccccc2-c2ccc(C(=O)C(=NCC(C)=O)c3c(C)ccc4ccccc34)cc21. The van der Waals surface area contributed by atoms with Gasteiger partial charge in [-0.2, -0.15) is 0 Å². The number of hydrogen-bond acceptors (Lipinski definition) is 3. The van der Waals surface area contributed by atoms with Gasteiger partial charge in [0.2, 0.25) is 5.78 Å². The molecule has 1 aliphatic carbocycles. The normalized spacial score (nSPS) is 13.8. The van der Waals surface area contributed by atoms with Gasteiger partial charge in [-0.25, -0.2) is 0 Å². The van der Waals surface area contributed by atoms with Gasteiger partial charge >= 0.3 is 0 Å². The molecule has 0 saturated heterocycles. The van der Waals surface area contributed by atoms with Gasteiger partial charge in [-0.3, -0.25) is 14.6 Å². The number of Topliss-reactive ketones (excluding diaryl/α,β-unsaturated/α-hetero) is 2. The van der Waals surface area contributed by atoms with Gasteiger partial charge in [-0.1, -0.05) is 99.5 Å². The molecule has 0 bridgehead atoms. The van der Waals surface area contributed by atoms with E-state index >= 15 is 0 Å². The largest absolute Gasteiger partial charge is 0.298 e. The number of hydrogen-bond donors (Lipinski definition) is 0. The van der Waals surface area contributed by atoms with Gasteiger partial charge in [0, 0.05) is 16.5 Å². The van der Waals surface area contributed by atoms with E-state index in [1.54, 1.807) is 0 Å². The maximum absolute atomic E-state index is 14.3. The molecule has 0 unspecified atom stereocenters. The van der Waals surface area contributed by atoms with Gasteiger partial charge in [0.05, 0.1) is 6.54 Å². The Kier molecular flexibility index (Phi) is 7.12. The lowest BCUT2D eigenvalue weighted by Crippen LogP contribution is -2.26. The molecule has 0 aliphatic heterocycles. The molecule has 0 saturated carbocycles. The average Bonchev–Trinajstić information content (AvgIpc) is 3.19. The number of benzene rings is 4. The topological polar surface area (TPSA) is 46.5 Å². The highest BCUT2D eigenvalue weighted by molar-refractivity contribution is 6.53. The quantitative estimate of drug-likeness (QED) is 0.171. The lowest BCUT2D eigenvalue weighted by Gasteiger charge is -2.32. The number of rotatable bonds is 9. The number of nitrogens with zero attached hydrogens (tertiary/aromatic N) is 1. The zero-order valence-electron chi connectivity index (χ0n) is 22.8. The molecule has 38 heavy (non-hydrogen) atoms. The van der Waals surface area contributed by atoms with Gasteiger partial charge in [0.1, 0.15) is 5.71 Å². The van der Waals surface area contributed by atoms with Crippen LogP contribution in [0, 0.1) is 6.92 Å². The molecule has 0 amide bonds. The molecule has 4 aromatic carbocycles. The van der Waals surface area contributed by atoms with Crippen molar-refractivity contribution in [3.05, 3.63) is 107 Å². The molecule has 0 fully saturated rings. The van der Waals surface area contributed by atoms with E-state index in [-0.39, 0.29) is 23.5 Å². The second-order valence-electron chi connectivity index (χ2n) is 10.6. The Morgan fingerprint density at radius 1 is 0.789 bits per heavy atom. The summed E-state index contributed by atoms with van der Waals surface area (Å²) < 4.78 is 0. The molecular formula is C35H35NO2. The van der Waals surface area contributed by atoms with Gasteiger partial charge in [0.25, 0.3) is 0 Å². The van der Waals surface area contributed by atoms with Crippen molar-refractivity contribution >= 4 is 28.1 Å². The lowest BCUT2D eigenvalue weighted by atomic mass is 9.71. The second-order valence-corrected chi connectivity index (χ2v) is 10.6. The number of fused-ring (bicyclic) bond motifs is 4. The van der Waals surface area contributed by atoms with Crippen LogP contribution in [0.15, 0.2) is 83.9 Å². The minimum atomic E-state index is -0.133. The van der Waals surface area contributed by atoms with E-state index in [4.69, 9.17) is 0 Å². The first kappa shape index (κ1) is 25.8. The Bertz CT molecular complexity index is 1570. The Balaban J connectivity index is 1.70. The highest BCUT2D eigenvalue weighted by Crippen LogP contribution is 2.53. The van der Waals surface area contributed by atoms with Crippen LogP contribution in [0.5, 0.6) is 0 Å². The summed E-state index contributed by atoms with van der Waals surface area (Å²) in [6.45, 7) is 7.98. The molecule has 0 N–H and O–H groups in total. The van der Waals surface area contributed by atoms with Crippen molar-refractivity contribution in [2.75, 3.05) is 6.54 Å². The molecule has 3 heteroatoms. The van der Waals surface area contributed by atoms with Crippen LogP contribution in [0.25, 0.3) is 21.9 Å². The van der Waals surface area contributed by atoms with E-state index < -0.39 is 0 Å². The van der Waals surface area contributed by atoms with E-state index in [0.29, 0.717) is 11.3 Å². The maximum atomic E-state index is 14.3. The van der Waals surface area contributed by atoms with Crippen LogP contribution in [-0.2, 0) is 10.2 Å². The number of carbonyl (C=O) groups excluding carboxylic acids is 2. The summed E-state index contributed by atoms with van der Waals surface area (Å²) in [4.78, 5) is 30.9. The molecule has 5 rings (SSSR count). The molecule has 0 spiro atoms. The first-order valence-electron chi connectivity index (χ1n) is 13.7. The summed E-state index contributed by atoms with van der Waals surface area (Å²) in [5.41, 5.74) is 7.79. The van der Waals surface area contributed by atoms with Crippen LogP contribution in [0.2, 0.25) is 0 Å². The highest BCUT2D eigenvalue weighted by atomic mass is 16.1. The molecular weight excluding hydrogens is 466 g/mol. The third-order valence-corrected chi connectivity index (χ3v) is 7.93. The maximum Gasteiger partial charge on any atom is 0.211 e. The summed E-state index contributed by atoms with van der Waals surface area (Å²) in [6, 6.07) is 27.0. The molecule has 3 nitrogen and oxygen atoms in total. The molecule has 192 valence electrons. The molecule has 0 atom stereocenters. The Morgan fingerprint density at radius 2 is 1.47 bits per heavy atom. The molecule has 4 aromatic rings. The Hall–Kier alpha value is -3.85. The summed E-state index contributed by atoms with van der Waals surface area (Å²) in [6.07, 6.45) is 4.20. The van der Waals surface area contributed by atoms with E-state index in [1.807, 2.05) is 43.3 Å². The van der Waals surface area contributed by atoms with E-state index in [0.717, 1.165) is 47.6 Å². The van der Waals surface area contributed by atoms with Crippen molar-refractivity contribution < 1.29 is 9.59 Å². The van der Waals surface area contributed by atoms with Crippen LogP contribution in [0.3, 0.4) is 0 Å². The zero-order chi connectivity index (χ0) is 26.9. The van der Waals surface area contributed by atoms with Gasteiger partial charge in [0.15, 0.2) is 5.78 Å². The minimum Gasteiger partial charge on any atom is -0.298 e. The average molecular weight is 502 g/mol. The van der Waals surface area contributed by atoms with Crippen molar-refractivity contribution in [2.24, 2.45) is 4.99 Å². The fourth-order valence-corrected chi connectivity index (χ4v) is 6.40. The molecule has 0 radical (unpaired) electrons.